The molecule has 1 atom stereocenters. The summed E-state index contributed by atoms with van der Waals surface area (Å²) in [5, 5.41) is 2.48. The number of ether oxygens (including phenoxy) is 1. The van der Waals surface area contributed by atoms with Crippen LogP contribution in [0.5, 0.6) is 0 Å². The van der Waals surface area contributed by atoms with Crippen molar-refractivity contribution >= 4 is 59.5 Å². The number of methoxy groups -OCH3 is 1. The molecule has 6 nitrogen and oxygen atoms in total. The predicted octanol–water partition coefficient (Wildman–Crippen LogP) is 7.93. The van der Waals surface area contributed by atoms with E-state index in [0.717, 1.165) is 23.0 Å². The van der Waals surface area contributed by atoms with Crippen molar-refractivity contribution in [2.45, 2.75) is 28.2 Å². The van der Waals surface area contributed by atoms with Crippen LogP contribution in [0.25, 0.3) is 0 Å². The molecule has 0 amide bonds. The summed E-state index contributed by atoms with van der Waals surface area (Å²) in [6, 6.07) is 41.7. The fourth-order valence-corrected chi connectivity index (χ4v) is 7.49. The zero-order valence-corrected chi connectivity index (χ0v) is 26.5. The van der Waals surface area contributed by atoms with Gasteiger partial charge < -0.3 is 4.74 Å². The highest BCUT2D eigenvalue weighted by Gasteiger charge is 2.37. The predicted molar refractivity (Wildman–Crippen MR) is 184 cm³/mol. The van der Waals surface area contributed by atoms with Crippen LogP contribution in [0.3, 0.4) is 0 Å². The largest absolute Gasteiger partial charge is 0.331 e. The van der Waals surface area contributed by atoms with E-state index in [1.807, 2.05) is 24.3 Å². The van der Waals surface area contributed by atoms with Gasteiger partial charge in [-0.15, -0.1) is 0 Å². The molecule has 2 N–H and O–H groups in total. The van der Waals surface area contributed by atoms with Gasteiger partial charge in [0.05, 0.1) is 0 Å². The quantitative estimate of drug-likeness (QED) is 0.114. The second-order valence-electron chi connectivity index (χ2n) is 9.21. The lowest BCUT2D eigenvalue weighted by Crippen LogP contribution is -2.53. The van der Waals surface area contributed by atoms with E-state index in [0.29, 0.717) is 11.9 Å². The van der Waals surface area contributed by atoms with Crippen LogP contribution in [0.4, 0.5) is 0 Å². The summed E-state index contributed by atoms with van der Waals surface area (Å²) in [5.74, 6) is 4.28. The van der Waals surface area contributed by atoms with Gasteiger partial charge in [0.1, 0.15) is 0 Å². The number of nitrogens with zero attached hydrogens (tertiary/aromatic N) is 3. The first-order valence-corrected chi connectivity index (χ1v) is 17.3. The fraction of sp³-hybridized carbons (Fsp3) is 0.188. The van der Waals surface area contributed by atoms with E-state index in [2.05, 4.69) is 111 Å². The van der Waals surface area contributed by atoms with Crippen molar-refractivity contribution < 1.29 is 4.74 Å². The molecule has 0 radical (unpaired) electrons. The summed E-state index contributed by atoms with van der Waals surface area (Å²) >= 11 is 6.54. The molecule has 1 aliphatic heterocycles. The van der Waals surface area contributed by atoms with Gasteiger partial charge in [0.25, 0.3) is 5.18 Å². The molecular formula is C32H33N5OS4. The molecule has 1 heterocycles. The van der Waals surface area contributed by atoms with Crippen LogP contribution >= 0.6 is 47.6 Å². The van der Waals surface area contributed by atoms with Crippen LogP contribution in [0, 0.1) is 0 Å². The summed E-state index contributed by atoms with van der Waals surface area (Å²) in [6.07, 6.45) is 0. The molecule has 0 bridgehead atoms. The second kappa shape index (κ2) is 16.0. The van der Waals surface area contributed by atoms with Crippen molar-refractivity contribution in [2.75, 3.05) is 7.11 Å². The van der Waals surface area contributed by atoms with Crippen molar-refractivity contribution in [1.82, 2.24) is 13.7 Å². The number of hydrogen-bond donors (Lipinski definition) is 2. The number of rotatable bonds is 13. The van der Waals surface area contributed by atoms with Gasteiger partial charge in [-0.05, 0) is 58.1 Å². The van der Waals surface area contributed by atoms with E-state index < -0.39 is 5.18 Å². The molecule has 4 aromatic carbocycles. The van der Waals surface area contributed by atoms with Gasteiger partial charge >= 0.3 is 0 Å². The topological polar surface area (TPSA) is 61.2 Å². The summed E-state index contributed by atoms with van der Waals surface area (Å²) in [4.78, 5) is 9.88. The zero-order valence-electron chi connectivity index (χ0n) is 23.3. The van der Waals surface area contributed by atoms with Crippen molar-refractivity contribution in [3.05, 3.63) is 144 Å². The van der Waals surface area contributed by atoms with Gasteiger partial charge in [0, 0.05) is 30.1 Å². The third-order valence-corrected chi connectivity index (χ3v) is 10.5. The Labute approximate surface area is 265 Å². The average Bonchev–Trinajstić information content (AvgIpc) is 3.06. The molecule has 5 rings (SSSR count). The van der Waals surface area contributed by atoms with Crippen LogP contribution in [-0.4, -0.2) is 27.9 Å². The number of hydrogen-bond acceptors (Lipinski definition) is 10. The molecule has 1 unspecified atom stereocenters. The normalized spacial score (nSPS) is 16.2. The van der Waals surface area contributed by atoms with Crippen LogP contribution in [-0.2, 0) is 27.7 Å². The van der Waals surface area contributed by atoms with E-state index in [1.165, 1.54) is 22.3 Å². The lowest BCUT2D eigenvalue weighted by molar-refractivity contribution is 0.0637. The van der Waals surface area contributed by atoms with Crippen LogP contribution in [0.2, 0.25) is 0 Å². The minimum atomic E-state index is -1.05. The highest BCUT2D eigenvalue weighted by molar-refractivity contribution is 8.12. The van der Waals surface area contributed by atoms with Gasteiger partial charge in [-0.2, -0.15) is 9.98 Å². The molecule has 0 aliphatic carbocycles. The number of benzene rings is 4. The zero-order chi connectivity index (χ0) is 28.9. The van der Waals surface area contributed by atoms with Crippen LogP contribution in [0.15, 0.2) is 131 Å². The lowest BCUT2D eigenvalue weighted by atomic mass is 10.2. The number of thioether (sulfide) groups is 1. The Balaban J connectivity index is 1.38. The van der Waals surface area contributed by atoms with Crippen molar-refractivity contribution in [1.29, 1.82) is 0 Å². The number of nitrogens with one attached hydrogen (secondary N) is 2. The van der Waals surface area contributed by atoms with Crippen molar-refractivity contribution in [2.24, 2.45) is 9.98 Å². The number of aliphatic imine (C=N–C) groups is 2. The standard InChI is InChI=1S/C32H33N5OS4/c1-38-32(39-22-26-14-6-2-7-15-26)34-30(36-40-23-27-16-8-3-9-17-27)33-31(35-32)37(41-24-28-18-10-4-11-19-28)42-25-29-20-12-5-13-21-29/h2-21H,22-25H2,1H3,(H2,33,34,35,36). The minimum Gasteiger partial charge on any atom is -0.331 e. The van der Waals surface area contributed by atoms with E-state index in [1.54, 1.807) is 54.7 Å². The smallest absolute Gasteiger partial charge is 0.294 e. The summed E-state index contributed by atoms with van der Waals surface area (Å²) in [6.45, 7) is 0. The first kappa shape index (κ1) is 30.4. The second-order valence-corrected chi connectivity index (χ2v) is 13.2. The molecule has 216 valence electrons. The summed E-state index contributed by atoms with van der Waals surface area (Å²) in [5.41, 5.74) is 4.91. The minimum absolute atomic E-state index is 0.512. The Hall–Kier alpha value is -3.02. The molecule has 0 aromatic heterocycles. The van der Waals surface area contributed by atoms with E-state index in [-0.39, 0.29) is 0 Å². The molecule has 4 aromatic rings. The molecule has 0 fully saturated rings. The van der Waals surface area contributed by atoms with E-state index in [4.69, 9.17) is 14.7 Å². The molecule has 42 heavy (non-hydrogen) atoms. The monoisotopic (exact) mass is 631 g/mol. The highest BCUT2D eigenvalue weighted by atomic mass is 32.2. The molecule has 10 heteroatoms. The third-order valence-electron chi connectivity index (χ3n) is 6.09. The average molecular weight is 632 g/mol. The van der Waals surface area contributed by atoms with Crippen LogP contribution < -0.4 is 10.0 Å². The van der Waals surface area contributed by atoms with Crippen molar-refractivity contribution in [3.8, 4) is 0 Å². The Kier molecular flexibility index (Phi) is 11.6. The van der Waals surface area contributed by atoms with E-state index in [9.17, 15) is 0 Å². The summed E-state index contributed by atoms with van der Waals surface area (Å²) in [7, 11) is 1.69. The van der Waals surface area contributed by atoms with Gasteiger partial charge in [0.15, 0.2) is 0 Å². The Morgan fingerprint density at radius 2 is 1.12 bits per heavy atom. The van der Waals surface area contributed by atoms with Gasteiger partial charge in [-0.25, -0.2) is 3.71 Å². The molecule has 0 saturated heterocycles. The maximum atomic E-state index is 6.09. The Morgan fingerprint density at radius 1 is 0.667 bits per heavy atom. The van der Waals surface area contributed by atoms with Crippen LogP contribution in [0.1, 0.15) is 22.3 Å². The summed E-state index contributed by atoms with van der Waals surface area (Å²) < 4.78 is 11.6. The first-order chi connectivity index (χ1) is 20.7. The van der Waals surface area contributed by atoms with Gasteiger partial charge in [-0.3, -0.25) is 10.0 Å². The number of guanidine groups is 2. The van der Waals surface area contributed by atoms with Gasteiger partial charge in [-0.1, -0.05) is 133 Å². The maximum absolute atomic E-state index is 6.09. The van der Waals surface area contributed by atoms with Crippen molar-refractivity contribution in [3.63, 3.8) is 0 Å². The SMILES string of the molecule is COC1(SCc2ccccc2)N=C(NSCc2ccccc2)N=C(N(SCc2ccccc2)SCc2ccccc2)N1. The molecular weight excluding hydrogens is 599 g/mol. The Bertz CT molecular complexity index is 1390. The third kappa shape index (κ3) is 9.24. The molecule has 1 aliphatic rings. The maximum Gasteiger partial charge on any atom is 0.294 e. The first-order valence-electron chi connectivity index (χ1n) is 13.5. The lowest BCUT2D eigenvalue weighted by Gasteiger charge is -2.36. The molecule has 0 spiro atoms. The highest BCUT2D eigenvalue weighted by Crippen LogP contribution is 2.35. The van der Waals surface area contributed by atoms with Gasteiger partial charge in [0.2, 0.25) is 11.9 Å². The fourth-order valence-electron chi connectivity index (χ4n) is 3.91. The van der Waals surface area contributed by atoms with E-state index >= 15 is 0 Å². The molecule has 0 saturated carbocycles. The Morgan fingerprint density at radius 3 is 1.60 bits per heavy atom.